The standard InChI is InChI=1S/C49H73N9O12/c1-28(2)24-37(45(65)54-36(49(69)70)14-9-10-22-50)55-46(66)38(27-32-16-18-33(59)19-17-32)56-44(64)35(20-21-41(60)61)53-47(67)40-15-11-23-58(40)48(68)39(25-29(3)4)57-42(62)30(5)52-43(63)34(51)26-31-12-7-6-8-13-31/h6-8,12-13,16-19,28-30,34-40,59H,9-11,14-15,20-27,50-51H2,1-5H3,(H,52,63)(H,53,67)(H,54,65)(H,55,66)(H,56,64)(H,57,62)(H,60,61)(H,69,70)/t30-,34-,35-,36-,37-,38-,39-,40-/m0/s1. The second-order valence-corrected chi connectivity index (χ2v) is 18.7. The van der Waals surface area contributed by atoms with E-state index in [9.17, 15) is 58.5 Å². The number of carbonyl (C=O) groups is 9. The average molecular weight is 980 g/mol. The van der Waals surface area contributed by atoms with Gasteiger partial charge in [0.2, 0.25) is 41.4 Å². The van der Waals surface area contributed by atoms with Gasteiger partial charge in [-0.1, -0.05) is 70.2 Å². The zero-order valence-electron chi connectivity index (χ0n) is 40.8. The molecule has 1 aliphatic rings. The predicted molar refractivity (Wildman–Crippen MR) is 258 cm³/mol. The second-order valence-electron chi connectivity index (χ2n) is 18.7. The number of benzene rings is 2. The van der Waals surface area contributed by atoms with Gasteiger partial charge >= 0.3 is 11.9 Å². The Kier molecular flexibility index (Phi) is 23.7. The fourth-order valence-corrected chi connectivity index (χ4v) is 7.99. The van der Waals surface area contributed by atoms with Crippen molar-refractivity contribution in [2.75, 3.05) is 13.1 Å². The quantitative estimate of drug-likeness (QED) is 0.0498. The molecule has 1 aliphatic heterocycles. The molecule has 2 aromatic carbocycles. The van der Waals surface area contributed by atoms with Crippen LogP contribution in [0.5, 0.6) is 5.75 Å². The molecule has 0 radical (unpaired) electrons. The lowest BCUT2D eigenvalue weighted by molar-refractivity contribution is -0.143. The summed E-state index contributed by atoms with van der Waals surface area (Å²) in [6, 6.07) is 5.07. The highest BCUT2D eigenvalue weighted by atomic mass is 16.4. The highest BCUT2D eigenvalue weighted by Crippen LogP contribution is 2.22. The number of hydrogen-bond donors (Lipinski definition) is 11. The van der Waals surface area contributed by atoms with Crippen molar-refractivity contribution >= 4 is 53.3 Å². The van der Waals surface area contributed by atoms with Gasteiger partial charge in [-0.05, 0) is 106 Å². The van der Waals surface area contributed by atoms with Crippen LogP contribution >= 0.6 is 0 Å². The number of aliphatic carboxylic acids is 2. The fraction of sp³-hybridized carbons (Fsp3) is 0.571. The van der Waals surface area contributed by atoms with Crippen molar-refractivity contribution in [3.63, 3.8) is 0 Å². The summed E-state index contributed by atoms with van der Waals surface area (Å²) >= 11 is 0. The highest BCUT2D eigenvalue weighted by Gasteiger charge is 2.40. The maximum atomic E-state index is 14.2. The molecule has 0 bridgehead atoms. The molecule has 8 atom stereocenters. The number of unbranched alkanes of at least 4 members (excludes halogenated alkanes) is 1. The van der Waals surface area contributed by atoms with Gasteiger partial charge in [-0.3, -0.25) is 38.4 Å². The lowest BCUT2D eigenvalue weighted by atomic mass is 10.00. The Morgan fingerprint density at radius 3 is 1.79 bits per heavy atom. The van der Waals surface area contributed by atoms with Crippen molar-refractivity contribution in [3.05, 3.63) is 65.7 Å². The first-order valence-electron chi connectivity index (χ1n) is 23.9. The Hall–Kier alpha value is -6.61. The second kappa shape index (κ2) is 28.8. The minimum absolute atomic E-state index is 0.0749. The lowest BCUT2D eigenvalue weighted by Crippen LogP contribution is -2.60. The van der Waals surface area contributed by atoms with E-state index >= 15 is 0 Å². The van der Waals surface area contributed by atoms with E-state index in [1.54, 1.807) is 13.8 Å². The number of hydrogen-bond acceptors (Lipinski definition) is 12. The Morgan fingerprint density at radius 2 is 1.19 bits per heavy atom. The molecule has 386 valence electrons. The molecule has 1 heterocycles. The topological polar surface area (TPSA) is 342 Å². The number of rotatable bonds is 29. The van der Waals surface area contributed by atoms with Gasteiger partial charge in [0.05, 0.1) is 6.04 Å². The molecule has 0 spiro atoms. The number of nitrogens with one attached hydrogen (secondary N) is 6. The molecular formula is C49H73N9O12. The summed E-state index contributed by atoms with van der Waals surface area (Å²) in [5.41, 5.74) is 13.0. The van der Waals surface area contributed by atoms with Crippen LogP contribution in [0.2, 0.25) is 0 Å². The normalized spacial score (nSPS) is 16.4. The van der Waals surface area contributed by atoms with Crippen LogP contribution < -0.4 is 43.4 Å². The van der Waals surface area contributed by atoms with E-state index in [4.69, 9.17) is 11.5 Å². The molecule has 13 N–H and O–H groups in total. The Balaban J connectivity index is 1.83. The third kappa shape index (κ3) is 19.4. The van der Waals surface area contributed by atoms with Gasteiger partial charge in [-0.25, -0.2) is 4.79 Å². The van der Waals surface area contributed by atoms with E-state index < -0.39 is 114 Å². The van der Waals surface area contributed by atoms with E-state index in [1.165, 1.54) is 36.1 Å². The number of amides is 7. The van der Waals surface area contributed by atoms with Gasteiger partial charge in [0.1, 0.15) is 48.0 Å². The van der Waals surface area contributed by atoms with Crippen LogP contribution in [0.3, 0.4) is 0 Å². The van der Waals surface area contributed by atoms with Crippen molar-refractivity contribution in [3.8, 4) is 5.75 Å². The molecule has 7 amide bonds. The molecule has 70 heavy (non-hydrogen) atoms. The summed E-state index contributed by atoms with van der Waals surface area (Å²) in [6.07, 6.45) is 0.888. The summed E-state index contributed by atoms with van der Waals surface area (Å²) in [5, 5.41) is 45.0. The summed E-state index contributed by atoms with van der Waals surface area (Å²) in [5.74, 6) is -8.07. The van der Waals surface area contributed by atoms with Crippen LogP contribution in [0.4, 0.5) is 0 Å². The van der Waals surface area contributed by atoms with E-state index in [1.807, 2.05) is 44.2 Å². The molecule has 0 unspecified atom stereocenters. The van der Waals surface area contributed by atoms with E-state index in [0.29, 0.717) is 31.4 Å². The van der Waals surface area contributed by atoms with E-state index in [2.05, 4.69) is 31.9 Å². The van der Waals surface area contributed by atoms with Crippen LogP contribution in [0.1, 0.15) is 104 Å². The number of nitrogens with zero attached hydrogens (tertiary/aromatic N) is 1. The number of likely N-dealkylation sites (tertiary alicyclic amines) is 1. The largest absolute Gasteiger partial charge is 0.508 e. The van der Waals surface area contributed by atoms with E-state index in [-0.39, 0.29) is 62.7 Å². The first-order valence-corrected chi connectivity index (χ1v) is 23.9. The summed E-state index contributed by atoms with van der Waals surface area (Å²) in [7, 11) is 0. The Bertz CT molecular complexity index is 2090. The zero-order valence-corrected chi connectivity index (χ0v) is 40.8. The number of phenols is 1. The minimum Gasteiger partial charge on any atom is -0.508 e. The third-order valence-electron chi connectivity index (χ3n) is 11.7. The fourth-order valence-electron chi connectivity index (χ4n) is 7.99. The molecule has 1 fully saturated rings. The number of carboxylic acid groups (broad SMARTS) is 2. The molecule has 21 heteroatoms. The van der Waals surface area contributed by atoms with Gasteiger partial charge in [0, 0.05) is 19.4 Å². The van der Waals surface area contributed by atoms with Crippen molar-refractivity contribution in [2.45, 2.75) is 154 Å². The van der Waals surface area contributed by atoms with Crippen LogP contribution in [-0.4, -0.2) is 135 Å². The third-order valence-corrected chi connectivity index (χ3v) is 11.7. The molecule has 0 saturated carbocycles. The smallest absolute Gasteiger partial charge is 0.326 e. The maximum Gasteiger partial charge on any atom is 0.326 e. The molecule has 2 aromatic rings. The Morgan fingerprint density at radius 1 is 0.629 bits per heavy atom. The number of carboxylic acids is 2. The van der Waals surface area contributed by atoms with Crippen LogP contribution in [0, 0.1) is 11.8 Å². The zero-order chi connectivity index (χ0) is 52.1. The summed E-state index contributed by atoms with van der Waals surface area (Å²) < 4.78 is 0. The lowest BCUT2D eigenvalue weighted by Gasteiger charge is -2.31. The Labute approximate surface area is 409 Å². The van der Waals surface area contributed by atoms with Crippen molar-refractivity contribution in [1.29, 1.82) is 0 Å². The molecule has 21 nitrogen and oxygen atoms in total. The number of nitrogens with two attached hydrogens (primary N) is 2. The first kappa shape index (κ1) is 57.7. The number of carbonyl (C=O) groups excluding carboxylic acids is 7. The molecule has 0 aromatic heterocycles. The van der Waals surface area contributed by atoms with E-state index in [0.717, 1.165) is 5.56 Å². The van der Waals surface area contributed by atoms with Gasteiger partial charge in [0.15, 0.2) is 0 Å². The highest BCUT2D eigenvalue weighted by molar-refractivity contribution is 5.98. The van der Waals surface area contributed by atoms with Crippen LogP contribution in [0.25, 0.3) is 0 Å². The molecule has 0 aliphatic carbocycles. The molecule has 3 rings (SSSR count). The van der Waals surface area contributed by atoms with Gasteiger partial charge in [0.25, 0.3) is 0 Å². The molecular weight excluding hydrogens is 907 g/mol. The van der Waals surface area contributed by atoms with Crippen molar-refractivity contribution < 1.29 is 58.5 Å². The SMILES string of the molecule is CC(C)C[C@H](NC(=O)[C@H](Cc1ccc(O)cc1)NC(=O)[C@H](CCC(=O)O)NC(=O)[C@@H]1CCCN1C(=O)[C@H](CC(C)C)NC(=O)[C@H](C)NC(=O)[C@@H](N)Cc1ccccc1)C(=O)N[C@@H](CCCCN)C(=O)O. The number of aromatic hydroxyl groups is 1. The van der Waals surface area contributed by atoms with Gasteiger partial charge in [-0.2, -0.15) is 0 Å². The minimum atomic E-state index is -1.54. The first-order chi connectivity index (χ1) is 33.1. The predicted octanol–water partition coefficient (Wildman–Crippen LogP) is 0.595. The average Bonchev–Trinajstić information content (AvgIpc) is 3.80. The van der Waals surface area contributed by atoms with Crippen molar-refractivity contribution in [1.82, 2.24) is 36.8 Å². The molecule has 1 saturated heterocycles. The van der Waals surface area contributed by atoms with Gasteiger partial charge < -0.3 is 63.6 Å². The summed E-state index contributed by atoms with van der Waals surface area (Å²) in [4.78, 5) is 122. The monoisotopic (exact) mass is 980 g/mol. The van der Waals surface area contributed by atoms with Gasteiger partial charge in [-0.15, -0.1) is 0 Å². The maximum absolute atomic E-state index is 14.2. The summed E-state index contributed by atoms with van der Waals surface area (Å²) in [6.45, 7) is 9.18. The van der Waals surface area contributed by atoms with Crippen molar-refractivity contribution in [2.24, 2.45) is 23.3 Å². The van der Waals surface area contributed by atoms with Crippen LogP contribution in [-0.2, 0) is 56.0 Å². The van der Waals surface area contributed by atoms with Crippen LogP contribution in [0.15, 0.2) is 54.6 Å². The number of phenolic OH excluding ortho intramolecular Hbond substituents is 1.